The van der Waals surface area contributed by atoms with Gasteiger partial charge >= 0.3 is 6.18 Å². The Morgan fingerprint density at radius 1 is 1.48 bits per heavy atom. The summed E-state index contributed by atoms with van der Waals surface area (Å²) in [7, 11) is 0. The van der Waals surface area contributed by atoms with Crippen LogP contribution in [0.15, 0.2) is 6.07 Å². The first kappa shape index (κ1) is 15.9. The van der Waals surface area contributed by atoms with Gasteiger partial charge in [0.1, 0.15) is 4.88 Å². The standard InChI is InChI=1S/C13H14F3N5OS/c1-7-11(23-20-18-7)12(22)17-4-5-21-9(8-2-3-8)6-10(19-21)13(14,15)16/h6,8H,2-5H2,1H3,(H,17,22). The van der Waals surface area contributed by atoms with Crippen LogP contribution in [0.4, 0.5) is 13.2 Å². The molecule has 0 unspecified atom stereocenters. The van der Waals surface area contributed by atoms with E-state index in [1.165, 1.54) is 4.68 Å². The van der Waals surface area contributed by atoms with E-state index in [1.807, 2.05) is 0 Å². The van der Waals surface area contributed by atoms with Gasteiger partial charge in [-0.3, -0.25) is 9.48 Å². The second-order valence-corrected chi connectivity index (χ2v) is 6.15. The highest BCUT2D eigenvalue weighted by molar-refractivity contribution is 7.07. The Hall–Kier alpha value is -1.97. The second-order valence-electron chi connectivity index (χ2n) is 5.39. The minimum absolute atomic E-state index is 0.141. The molecule has 1 N–H and O–H groups in total. The fourth-order valence-electron chi connectivity index (χ4n) is 2.25. The molecule has 1 saturated carbocycles. The van der Waals surface area contributed by atoms with Crippen LogP contribution in [-0.2, 0) is 12.7 Å². The van der Waals surface area contributed by atoms with Crippen molar-refractivity contribution in [1.29, 1.82) is 0 Å². The van der Waals surface area contributed by atoms with Gasteiger partial charge in [-0.25, -0.2) is 0 Å². The molecule has 0 aromatic carbocycles. The Morgan fingerprint density at radius 2 is 2.22 bits per heavy atom. The third-order valence-corrected chi connectivity index (χ3v) is 4.39. The maximum atomic E-state index is 12.8. The Balaban J connectivity index is 1.65. The molecule has 10 heteroatoms. The number of nitrogens with one attached hydrogen (secondary N) is 1. The molecule has 0 radical (unpaired) electrons. The first-order valence-electron chi connectivity index (χ1n) is 7.08. The van der Waals surface area contributed by atoms with E-state index in [0.717, 1.165) is 30.4 Å². The molecule has 1 amide bonds. The predicted octanol–water partition coefficient (Wildman–Crippen LogP) is 2.37. The number of alkyl halides is 3. The summed E-state index contributed by atoms with van der Waals surface area (Å²) < 4.78 is 43.4. The van der Waals surface area contributed by atoms with Crippen molar-refractivity contribution in [3.8, 4) is 0 Å². The molecule has 2 aromatic heterocycles. The first-order valence-corrected chi connectivity index (χ1v) is 7.85. The topological polar surface area (TPSA) is 72.7 Å². The molecule has 1 aliphatic rings. The van der Waals surface area contributed by atoms with Crippen LogP contribution in [0.2, 0.25) is 0 Å². The SMILES string of the molecule is Cc1nnsc1C(=O)NCCn1nc(C(F)(F)F)cc1C1CC1. The van der Waals surface area contributed by atoms with Crippen molar-refractivity contribution in [2.45, 2.75) is 38.4 Å². The summed E-state index contributed by atoms with van der Waals surface area (Å²) in [5.41, 5.74) is 0.236. The van der Waals surface area contributed by atoms with Crippen LogP contribution in [0, 0.1) is 6.92 Å². The molecule has 1 aliphatic carbocycles. The van der Waals surface area contributed by atoms with Crippen molar-refractivity contribution < 1.29 is 18.0 Å². The molecule has 0 atom stereocenters. The number of carbonyl (C=O) groups excluding carboxylic acids is 1. The fraction of sp³-hybridized carbons (Fsp3) is 0.538. The predicted molar refractivity (Wildman–Crippen MR) is 76.2 cm³/mol. The molecule has 2 heterocycles. The van der Waals surface area contributed by atoms with Gasteiger partial charge in [-0.15, -0.1) is 5.10 Å². The first-order chi connectivity index (χ1) is 10.9. The van der Waals surface area contributed by atoms with E-state index in [9.17, 15) is 18.0 Å². The highest BCUT2D eigenvalue weighted by Gasteiger charge is 2.37. The van der Waals surface area contributed by atoms with Gasteiger partial charge < -0.3 is 5.32 Å². The third kappa shape index (κ3) is 3.52. The smallest absolute Gasteiger partial charge is 0.349 e. The third-order valence-electron chi connectivity index (χ3n) is 3.56. The van der Waals surface area contributed by atoms with Crippen LogP contribution in [0.1, 0.15) is 45.5 Å². The Kier molecular flexibility index (Phi) is 4.09. The number of rotatable bonds is 5. The fourth-order valence-corrected chi connectivity index (χ4v) is 2.82. The van der Waals surface area contributed by atoms with Gasteiger partial charge in [-0.05, 0) is 37.4 Å². The molecule has 0 aliphatic heterocycles. The minimum Gasteiger partial charge on any atom is -0.349 e. The molecule has 3 rings (SSSR count). The maximum absolute atomic E-state index is 12.8. The average Bonchev–Trinajstić information content (AvgIpc) is 3.07. The molecular formula is C13H14F3N5OS. The molecule has 6 nitrogen and oxygen atoms in total. The van der Waals surface area contributed by atoms with E-state index < -0.39 is 11.9 Å². The van der Waals surface area contributed by atoms with Crippen molar-refractivity contribution in [3.63, 3.8) is 0 Å². The molecular weight excluding hydrogens is 331 g/mol. The van der Waals surface area contributed by atoms with E-state index in [0.29, 0.717) is 16.3 Å². The molecule has 124 valence electrons. The summed E-state index contributed by atoms with van der Waals surface area (Å²) in [6, 6.07) is 1.11. The lowest BCUT2D eigenvalue weighted by atomic mass is 10.2. The molecule has 0 spiro atoms. The lowest BCUT2D eigenvalue weighted by molar-refractivity contribution is -0.141. The van der Waals surface area contributed by atoms with Crippen LogP contribution in [0.5, 0.6) is 0 Å². The van der Waals surface area contributed by atoms with Crippen LogP contribution < -0.4 is 5.32 Å². The summed E-state index contributed by atoms with van der Waals surface area (Å²) in [4.78, 5) is 12.3. The minimum atomic E-state index is -4.45. The summed E-state index contributed by atoms with van der Waals surface area (Å²) in [6.07, 6.45) is -2.70. The summed E-state index contributed by atoms with van der Waals surface area (Å²) in [6.45, 7) is 2.06. The molecule has 0 bridgehead atoms. The van der Waals surface area contributed by atoms with E-state index >= 15 is 0 Å². The Morgan fingerprint density at radius 3 is 2.78 bits per heavy atom. The zero-order valence-electron chi connectivity index (χ0n) is 12.2. The zero-order valence-corrected chi connectivity index (χ0v) is 13.0. The van der Waals surface area contributed by atoms with Crippen LogP contribution in [0.25, 0.3) is 0 Å². The number of aryl methyl sites for hydroxylation is 1. The average molecular weight is 345 g/mol. The van der Waals surface area contributed by atoms with E-state index in [-0.39, 0.29) is 24.9 Å². The second kappa shape index (κ2) is 5.91. The number of halogens is 3. The molecule has 0 saturated heterocycles. The Bertz CT molecular complexity index is 720. The molecule has 2 aromatic rings. The van der Waals surface area contributed by atoms with Crippen molar-refractivity contribution in [3.05, 3.63) is 28.0 Å². The van der Waals surface area contributed by atoms with Gasteiger partial charge in [0.25, 0.3) is 5.91 Å². The number of hydrogen-bond donors (Lipinski definition) is 1. The van der Waals surface area contributed by atoms with Gasteiger partial charge in [-0.1, -0.05) is 4.49 Å². The molecule has 1 fully saturated rings. The quantitative estimate of drug-likeness (QED) is 0.903. The molecule has 23 heavy (non-hydrogen) atoms. The largest absolute Gasteiger partial charge is 0.435 e. The lowest BCUT2D eigenvalue weighted by Gasteiger charge is -2.07. The highest BCUT2D eigenvalue weighted by atomic mass is 32.1. The van der Waals surface area contributed by atoms with Crippen molar-refractivity contribution in [1.82, 2.24) is 24.7 Å². The number of carbonyl (C=O) groups is 1. The lowest BCUT2D eigenvalue weighted by Crippen LogP contribution is -2.28. The monoisotopic (exact) mass is 345 g/mol. The summed E-state index contributed by atoms with van der Waals surface area (Å²) >= 11 is 0.985. The van der Waals surface area contributed by atoms with Crippen LogP contribution >= 0.6 is 11.5 Å². The highest BCUT2D eigenvalue weighted by Crippen LogP contribution is 2.42. The zero-order chi connectivity index (χ0) is 16.6. The van der Waals surface area contributed by atoms with Crippen LogP contribution in [0.3, 0.4) is 0 Å². The van der Waals surface area contributed by atoms with E-state index in [1.54, 1.807) is 6.92 Å². The normalized spacial score (nSPS) is 15.0. The number of hydrogen-bond acceptors (Lipinski definition) is 5. The number of nitrogens with zero attached hydrogens (tertiary/aromatic N) is 4. The van der Waals surface area contributed by atoms with Gasteiger partial charge in [-0.2, -0.15) is 18.3 Å². The van der Waals surface area contributed by atoms with Gasteiger partial charge in [0.2, 0.25) is 0 Å². The Labute approximate surface area is 133 Å². The summed E-state index contributed by atoms with van der Waals surface area (Å²) in [5, 5.41) is 10.0. The van der Waals surface area contributed by atoms with Crippen molar-refractivity contribution in [2.75, 3.05) is 6.54 Å². The van der Waals surface area contributed by atoms with Crippen molar-refractivity contribution in [2.24, 2.45) is 0 Å². The van der Waals surface area contributed by atoms with E-state index in [4.69, 9.17) is 0 Å². The van der Waals surface area contributed by atoms with Crippen LogP contribution in [-0.4, -0.2) is 31.8 Å². The van der Waals surface area contributed by atoms with Gasteiger partial charge in [0, 0.05) is 18.2 Å². The van der Waals surface area contributed by atoms with Gasteiger partial charge in [0.15, 0.2) is 5.69 Å². The van der Waals surface area contributed by atoms with Crippen molar-refractivity contribution >= 4 is 17.4 Å². The maximum Gasteiger partial charge on any atom is 0.435 e. The number of aromatic nitrogens is 4. The number of amides is 1. The summed E-state index contributed by atoms with van der Waals surface area (Å²) in [5.74, 6) is -0.184. The van der Waals surface area contributed by atoms with Gasteiger partial charge in [0.05, 0.1) is 12.2 Å². The van der Waals surface area contributed by atoms with E-state index in [2.05, 4.69) is 20.0 Å².